The number of rotatable bonds is 3. The second-order valence-electron chi connectivity index (χ2n) is 6.39. The van der Waals surface area contributed by atoms with E-state index in [0.717, 1.165) is 0 Å². The van der Waals surface area contributed by atoms with Crippen LogP contribution in [0.15, 0.2) is 30.6 Å². The number of anilines is 1. The van der Waals surface area contributed by atoms with Gasteiger partial charge in [0, 0.05) is 18.5 Å². The molecule has 2 fully saturated rings. The molecule has 0 spiro atoms. The van der Waals surface area contributed by atoms with Gasteiger partial charge in [-0.05, 0) is 23.8 Å². The van der Waals surface area contributed by atoms with Crippen molar-refractivity contribution in [2.24, 2.45) is 5.92 Å². The molecule has 4 rings (SSSR count). The minimum atomic E-state index is -0.697. The van der Waals surface area contributed by atoms with E-state index in [2.05, 4.69) is 15.3 Å². The van der Waals surface area contributed by atoms with Crippen molar-refractivity contribution in [2.45, 2.75) is 30.7 Å². The molecule has 2 aliphatic rings. The first-order valence-electron chi connectivity index (χ1n) is 8.01. The minimum Gasteiger partial charge on any atom is -0.390 e. The highest BCUT2D eigenvalue weighted by Crippen LogP contribution is 2.49. The highest BCUT2D eigenvalue weighted by atomic mass is 35.5. The fraction of sp³-hybridized carbons (Fsp3) is 0.353. The lowest BCUT2D eigenvalue weighted by molar-refractivity contribution is -0.121. The van der Waals surface area contributed by atoms with Crippen LogP contribution in [0.2, 0.25) is 10.2 Å². The van der Waals surface area contributed by atoms with E-state index in [9.17, 15) is 14.3 Å². The average molecular weight is 398 g/mol. The van der Waals surface area contributed by atoms with Crippen molar-refractivity contribution in [3.63, 3.8) is 0 Å². The third kappa shape index (κ3) is 3.05. The number of ether oxygens (including phenoxy) is 1. The van der Waals surface area contributed by atoms with Crippen LogP contribution in [0.5, 0.6) is 0 Å². The number of carbonyl (C=O) groups is 1. The molecule has 2 saturated heterocycles. The van der Waals surface area contributed by atoms with Gasteiger partial charge in [-0.15, -0.1) is 0 Å². The average Bonchev–Trinajstić information content (AvgIpc) is 3.15. The fourth-order valence-electron chi connectivity index (χ4n) is 3.78. The van der Waals surface area contributed by atoms with Crippen molar-refractivity contribution in [3.8, 4) is 0 Å². The number of hydrogen-bond donors (Lipinski definition) is 2. The monoisotopic (exact) mass is 397 g/mol. The zero-order valence-electron chi connectivity index (χ0n) is 13.3. The minimum absolute atomic E-state index is 0.140. The van der Waals surface area contributed by atoms with Crippen LogP contribution in [0.4, 0.5) is 10.1 Å². The van der Waals surface area contributed by atoms with Crippen molar-refractivity contribution in [2.75, 3.05) is 5.32 Å². The van der Waals surface area contributed by atoms with Gasteiger partial charge in [0.25, 0.3) is 0 Å². The van der Waals surface area contributed by atoms with Crippen molar-refractivity contribution in [1.82, 2.24) is 9.97 Å². The molecule has 2 aromatic rings. The number of aliphatic hydroxyl groups is 1. The molecule has 2 aromatic heterocycles. The quantitative estimate of drug-likeness (QED) is 0.777. The van der Waals surface area contributed by atoms with Gasteiger partial charge in [0.1, 0.15) is 5.15 Å². The standard InChI is InChI=1S/C17H14Cl2FN3O3/c18-9-4-8(6-22-16(9)19)23-17(25)14-11-5-10(24)15(26-11)13(14)7-1-2-21-12(20)3-7/h1-4,6,10-11,13-15,24H,5H2,(H,23,25)/t10-,11+,13+,14-,15-/m0/s1. The summed E-state index contributed by atoms with van der Waals surface area (Å²) in [6.45, 7) is 0. The summed E-state index contributed by atoms with van der Waals surface area (Å²) in [5.41, 5.74) is 0.962. The second-order valence-corrected chi connectivity index (χ2v) is 7.16. The summed E-state index contributed by atoms with van der Waals surface area (Å²) in [6.07, 6.45) is 1.37. The Hall–Kier alpha value is -1.80. The summed E-state index contributed by atoms with van der Waals surface area (Å²) in [7, 11) is 0. The SMILES string of the molecule is O=C(Nc1cnc(Cl)c(Cl)c1)[C@@H]1[C@@H](c2ccnc(F)c2)[C@H]2O[C@@H]1C[C@@H]2O. The molecule has 0 aromatic carbocycles. The number of carbonyl (C=O) groups excluding carboxylic acids is 1. The molecule has 6 nitrogen and oxygen atoms in total. The zero-order valence-corrected chi connectivity index (χ0v) is 14.8. The lowest BCUT2D eigenvalue weighted by Gasteiger charge is -2.30. The number of pyridine rings is 2. The number of halogens is 3. The Kier molecular flexibility index (Phi) is 4.56. The van der Waals surface area contributed by atoms with Gasteiger partial charge in [-0.1, -0.05) is 23.2 Å². The third-order valence-electron chi connectivity index (χ3n) is 4.83. The van der Waals surface area contributed by atoms with Gasteiger partial charge in [0.2, 0.25) is 11.9 Å². The smallest absolute Gasteiger partial charge is 0.230 e. The maximum absolute atomic E-state index is 13.6. The van der Waals surface area contributed by atoms with E-state index in [1.807, 2.05) is 0 Å². The van der Waals surface area contributed by atoms with E-state index in [-0.39, 0.29) is 16.1 Å². The van der Waals surface area contributed by atoms with E-state index in [4.69, 9.17) is 27.9 Å². The van der Waals surface area contributed by atoms with Crippen LogP contribution in [0.3, 0.4) is 0 Å². The molecule has 0 saturated carbocycles. The van der Waals surface area contributed by atoms with Crippen LogP contribution < -0.4 is 5.32 Å². The summed E-state index contributed by atoms with van der Waals surface area (Å²) in [6, 6.07) is 4.40. The van der Waals surface area contributed by atoms with Gasteiger partial charge < -0.3 is 15.2 Å². The fourth-order valence-corrected chi connectivity index (χ4v) is 4.05. The molecular weight excluding hydrogens is 384 g/mol. The van der Waals surface area contributed by atoms with Crippen molar-refractivity contribution < 1.29 is 19.0 Å². The van der Waals surface area contributed by atoms with Crippen molar-refractivity contribution in [1.29, 1.82) is 0 Å². The Bertz CT molecular complexity index is 869. The first-order chi connectivity index (χ1) is 12.4. The lowest BCUT2D eigenvalue weighted by atomic mass is 9.74. The van der Waals surface area contributed by atoms with E-state index in [1.54, 1.807) is 6.07 Å². The molecule has 2 N–H and O–H groups in total. The number of hydrogen-bond acceptors (Lipinski definition) is 5. The van der Waals surface area contributed by atoms with E-state index >= 15 is 0 Å². The molecule has 0 radical (unpaired) electrons. The van der Waals surface area contributed by atoms with Gasteiger partial charge in [-0.3, -0.25) is 4.79 Å². The topological polar surface area (TPSA) is 84.3 Å². The molecule has 0 aliphatic carbocycles. The first-order valence-corrected chi connectivity index (χ1v) is 8.76. The van der Waals surface area contributed by atoms with Crippen LogP contribution >= 0.6 is 23.2 Å². The molecule has 0 unspecified atom stereocenters. The number of nitrogens with zero attached hydrogens (tertiary/aromatic N) is 2. The van der Waals surface area contributed by atoms with E-state index in [1.165, 1.54) is 24.5 Å². The molecule has 9 heteroatoms. The second kappa shape index (κ2) is 6.74. The molecular formula is C17H14Cl2FN3O3. The maximum Gasteiger partial charge on any atom is 0.230 e. The van der Waals surface area contributed by atoms with Gasteiger partial charge >= 0.3 is 0 Å². The largest absolute Gasteiger partial charge is 0.390 e. The third-order valence-corrected chi connectivity index (χ3v) is 5.51. The summed E-state index contributed by atoms with van der Waals surface area (Å²) in [5, 5.41) is 13.3. The molecule has 5 atom stereocenters. The van der Waals surface area contributed by atoms with Crippen LogP contribution in [0.25, 0.3) is 0 Å². The predicted octanol–water partition coefficient (Wildman–Crippen LogP) is 2.79. The van der Waals surface area contributed by atoms with Crippen LogP contribution in [0.1, 0.15) is 17.9 Å². The summed E-state index contributed by atoms with van der Waals surface area (Å²) in [5.74, 6) is -2.02. The predicted molar refractivity (Wildman–Crippen MR) is 92.6 cm³/mol. The summed E-state index contributed by atoms with van der Waals surface area (Å²) >= 11 is 11.7. The Labute approximate surface area is 158 Å². The number of nitrogens with one attached hydrogen (secondary N) is 1. The van der Waals surface area contributed by atoms with E-state index in [0.29, 0.717) is 17.7 Å². The normalized spacial score (nSPS) is 29.8. The summed E-state index contributed by atoms with van der Waals surface area (Å²) < 4.78 is 19.4. The highest BCUT2D eigenvalue weighted by molar-refractivity contribution is 6.41. The van der Waals surface area contributed by atoms with Gasteiger partial charge in [-0.25, -0.2) is 9.97 Å². The zero-order chi connectivity index (χ0) is 18.4. The maximum atomic E-state index is 13.6. The first kappa shape index (κ1) is 17.6. The Morgan fingerprint density at radius 2 is 2.15 bits per heavy atom. The van der Waals surface area contributed by atoms with E-state index < -0.39 is 36.1 Å². The molecule has 26 heavy (non-hydrogen) atoms. The Morgan fingerprint density at radius 1 is 1.35 bits per heavy atom. The molecule has 136 valence electrons. The Balaban J connectivity index is 1.62. The molecule has 2 bridgehead atoms. The van der Waals surface area contributed by atoms with Crippen molar-refractivity contribution >= 4 is 34.8 Å². The van der Waals surface area contributed by atoms with Crippen LogP contribution in [-0.2, 0) is 9.53 Å². The Morgan fingerprint density at radius 3 is 2.88 bits per heavy atom. The number of amides is 1. The van der Waals surface area contributed by atoms with Crippen LogP contribution in [-0.4, -0.2) is 39.3 Å². The van der Waals surface area contributed by atoms with Gasteiger partial charge in [0.15, 0.2) is 0 Å². The highest BCUT2D eigenvalue weighted by Gasteiger charge is 2.57. The van der Waals surface area contributed by atoms with Crippen LogP contribution in [0, 0.1) is 11.9 Å². The number of fused-ring (bicyclic) bond motifs is 2. The number of aliphatic hydroxyl groups excluding tert-OH is 1. The molecule has 4 heterocycles. The molecule has 2 aliphatic heterocycles. The van der Waals surface area contributed by atoms with Gasteiger partial charge in [0.05, 0.1) is 41.1 Å². The number of aromatic nitrogens is 2. The molecule has 1 amide bonds. The summed E-state index contributed by atoms with van der Waals surface area (Å²) in [4.78, 5) is 20.3. The lowest BCUT2D eigenvalue weighted by Crippen LogP contribution is -2.41. The van der Waals surface area contributed by atoms with Gasteiger partial charge in [-0.2, -0.15) is 4.39 Å². The van der Waals surface area contributed by atoms with Crippen molar-refractivity contribution in [3.05, 3.63) is 52.3 Å².